The van der Waals surface area contributed by atoms with Crippen LogP contribution < -0.4 is 0 Å². The number of ether oxygens (including phenoxy) is 1. The van der Waals surface area contributed by atoms with Crippen LogP contribution >= 0.6 is 0 Å². The summed E-state index contributed by atoms with van der Waals surface area (Å²) in [6, 6.07) is 0. The number of carbonyl (C=O) groups excluding carboxylic acids is 2. The number of hydrogen-bond donors (Lipinski definition) is 1. The minimum absolute atomic E-state index is 0.204. The monoisotopic (exact) mass is 188 g/mol. The zero-order valence-corrected chi connectivity index (χ0v) is 7.57. The number of rotatable bonds is 5. The lowest BCUT2D eigenvalue weighted by atomic mass is 10.0. The van der Waals surface area contributed by atoms with Crippen LogP contribution in [-0.2, 0) is 19.1 Å². The van der Waals surface area contributed by atoms with Gasteiger partial charge in [0.15, 0.2) is 12.4 Å². The summed E-state index contributed by atoms with van der Waals surface area (Å²) in [7, 11) is 0. The fraction of sp³-hybridized carbons (Fsp3) is 0.625. The van der Waals surface area contributed by atoms with Crippen LogP contribution in [0.1, 0.15) is 20.3 Å². The minimum Gasteiger partial charge on any atom is -0.481 e. The van der Waals surface area contributed by atoms with Gasteiger partial charge < -0.3 is 9.84 Å². The first kappa shape index (κ1) is 11.6. The molecule has 0 rings (SSSR count). The van der Waals surface area contributed by atoms with Crippen LogP contribution in [0.2, 0.25) is 0 Å². The summed E-state index contributed by atoms with van der Waals surface area (Å²) in [5.74, 6) is -3.42. The molecule has 13 heavy (non-hydrogen) atoms. The first-order valence-corrected chi connectivity index (χ1v) is 3.88. The zero-order valence-electron chi connectivity index (χ0n) is 7.57. The Bertz CT molecular complexity index is 221. The average Bonchev–Trinajstić information content (AvgIpc) is 2.01. The highest BCUT2D eigenvalue weighted by molar-refractivity contribution is 5.99. The van der Waals surface area contributed by atoms with Crippen molar-refractivity contribution in [3.63, 3.8) is 0 Å². The summed E-state index contributed by atoms with van der Waals surface area (Å²) in [4.78, 5) is 31.8. The van der Waals surface area contributed by atoms with E-state index in [-0.39, 0.29) is 6.42 Å². The molecule has 5 nitrogen and oxygen atoms in total. The maximum atomic E-state index is 11.1. The molecular weight excluding hydrogens is 176 g/mol. The second-order valence-corrected chi connectivity index (χ2v) is 2.55. The van der Waals surface area contributed by atoms with Crippen molar-refractivity contribution in [1.29, 1.82) is 0 Å². The van der Waals surface area contributed by atoms with Crippen LogP contribution in [0.25, 0.3) is 0 Å². The van der Waals surface area contributed by atoms with Crippen molar-refractivity contribution in [3.8, 4) is 0 Å². The van der Waals surface area contributed by atoms with Gasteiger partial charge in [0.1, 0.15) is 5.92 Å². The predicted molar refractivity (Wildman–Crippen MR) is 43.1 cm³/mol. The van der Waals surface area contributed by atoms with E-state index in [1.807, 2.05) is 0 Å². The number of ketones is 1. The third-order valence-corrected chi connectivity index (χ3v) is 1.51. The third-order valence-electron chi connectivity index (χ3n) is 1.51. The van der Waals surface area contributed by atoms with Crippen molar-refractivity contribution in [1.82, 2.24) is 0 Å². The van der Waals surface area contributed by atoms with E-state index in [1.165, 1.54) is 0 Å². The average molecular weight is 188 g/mol. The van der Waals surface area contributed by atoms with Gasteiger partial charge in [-0.05, 0) is 6.42 Å². The molecule has 0 fully saturated rings. The standard InChI is InChI=1S/C8H12O5/c1-3-6(8(11)12)7(10)4-13-5(2)9/h6H,3-4H2,1-2H3,(H,11,12). The largest absolute Gasteiger partial charge is 0.481 e. The zero-order chi connectivity index (χ0) is 10.4. The molecule has 74 valence electrons. The van der Waals surface area contributed by atoms with E-state index in [2.05, 4.69) is 4.74 Å². The first-order chi connectivity index (χ1) is 5.99. The van der Waals surface area contributed by atoms with Crippen LogP contribution in [0.4, 0.5) is 0 Å². The normalized spacial score (nSPS) is 11.8. The van der Waals surface area contributed by atoms with Crippen molar-refractivity contribution < 1.29 is 24.2 Å². The Morgan fingerprint density at radius 2 is 1.92 bits per heavy atom. The third kappa shape index (κ3) is 4.25. The number of hydrogen-bond acceptors (Lipinski definition) is 4. The molecule has 0 spiro atoms. The predicted octanol–water partition coefficient (Wildman–Crippen LogP) is 0.229. The van der Waals surface area contributed by atoms with E-state index in [9.17, 15) is 14.4 Å². The van der Waals surface area contributed by atoms with Crippen molar-refractivity contribution in [2.75, 3.05) is 6.61 Å². The Morgan fingerprint density at radius 3 is 2.23 bits per heavy atom. The molecule has 0 saturated heterocycles. The summed E-state index contributed by atoms with van der Waals surface area (Å²) in [5.41, 5.74) is 0. The van der Waals surface area contributed by atoms with Crippen molar-refractivity contribution in [2.45, 2.75) is 20.3 Å². The molecule has 1 unspecified atom stereocenters. The molecular formula is C8H12O5. The van der Waals surface area contributed by atoms with Crippen LogP contribution in [-0.4, -0.2) is 29.4 Å². The van der Waals surface area contributed by atoms with Gasteiger partial charge in [-0.3, -0.25) is 14.4 Å². The van der Waals surface area contributed by atoms with Gasteiger partial charge in [-0.2, -0.15) is 0 Å². The van der Waals surface area contributed by atoms with Gasteiger partial charge in [-0.15, -0.1) is 0 Å². The summed E-state index contributed by atoms with van der Waals surface area (Å²) in [6.45, 7) is 2.29. The van der Waals surface area contributed by atoms with Crippen molar-refractivity contribution in [3.05, 3.63) is 0 Å². The van der Waals surface area contributed by atoms with E-state index in [4.69, 9.17) is 5.11 Å². The second kappa shape index (κ2) is 5.29. The van der Waals surface area contributed by atoms with Gasteiger partial charge in [0.05, 0.1) is 0 Å². The van der Waals surface area contributed by atoms with Crippen LogP contribution in [0.5, 0.6) is 0 Å². The molecule has 0 aromatic heterocycles. The van der Waals surface area contributed by atoms with Gasteiger partial charge in [0, 0.05) is 6.92 Å². The summed E-state index contributed by atoms with van der Waals surface area (Å²) >= 11 is 0. The lowest BCUT2D eigenvalue weighted by Gasteiger charge is -2.07. The van der Waals surface area contributed by atoms with Crippen LogP contribution in [0.15, 0.2) is 0 Å². The molecule has 0 heterocycles. The Balaban J connectivity index is 4.07. The summed E-state index contributed by atoms with van der Waals surface area (Å²) in [5, 5.41) is 8.55. The Morgan fingerprint density at radius 1 is 1.38 bits per heavy atom. The van der Waals surface area contributed by atoms with E-state index in [0.717, 1.165) is 6.92 Å². The lowest BCUT2D eigenvalue weighted by molar-refractivity contribution is -0.153. The fourth-order valence-corrected chi connectivity index (χ4v) is 0.813. The number of carbonyl (C=O) groups is 3. The molecule has 0 aliphatic heterocycles. The van der Waals surface area contributed by atoms with Crippen LogP contribution in [0, 0.1) is 5.92 Å². The molecule has 1 atom stereocenters. The van der Waals surface area contributed by atoms with E-state index in [0.29, 0.717) is 0 Å². The molecule has 5 heteroatoms. The Kier molecular flexibility index (Phi) is 4.72. The van der Waals surface area contributed by atoms with Gasteiger partial charge >= 0.3 is 11.9 Å². The highest BCUT2D eigenvalue weighted by atomic mass is 16.5. The maximum Gasteiger partial charge on any atom is 0.314 e. The highest BCUT2D eigenvalue weighted by Gasteiger charge is 2.24. The molecule has 1 N–H and O–H groups in total. The SMILES string of the molecule is CCC(C(=O)O)C(=O)COC(C)=O. The number of esters is 1. The number of aliphatic carboxylic acids is 1. The van der Waals surface area contributed by atoms with E-state index >= 15 is 0 Å². The summed E-state index contributed by atoms with van der Waals surface area (Å²) < 4.78 is 4.38. The Labute approximate surface area is 75.7 Å². The second-order valence-electron chi connectivity index (χ2n) is 2.55. The van der Waals surface area contributed by atoms with Crippen LogP contribution in [0.3, 0.4) is 0 Å². The van der Waals surface area contributed by atoms with Crippen molar-refractivity contribution >= 4 is 17.7 Å². The van der Waals surface area contributed by atoms with Gasteiger partial charge in [-0.25, -0.2) is 0 Å². The molecule has 0 bridgehead atoms. The molecule has 0 aliphatic rings. The molecule has 0 aromatic carbocycles. The van der Waals surface area contributed by atoms with Gasteiger partial charge in [-0.1, -0.05) is 6.92 Å². The molecule has 0 aromatic rings. The Hall–Kier alpha value is -1.39. The maximum absolute atomic E-state index is 11.1. The number of carboxylic acid groups (broad SMARTS) is 1. The smallest absolute Gasteiger partial charge is 0.314 e. The fourth-order valence-electron chi connectivity index (χ4n) is 0.813. The van der Waals surface area contributed by atoms with Gasteiger partial charge in [0.2, 0.25) is 0 Å². The number of carboxylic acids is 1. The topological polar surface area (TPSA) is 80.7 Å². The van der Waals surface area contributed by atoms with E-state index in [1.54, 1.807) is 6.92 Å². The molecule has 0 saturated carbocycles. The van der Waals surface area contributed by atoms with E-state index < -0.39 is 30.2 Å². The highest BCUT2D eigenvalue weighted by Crippen LogP contribution is 2.04. The van der Waals surface area contributed by atoms with Gasteiger partial charge in [0.25, 0.3) is 0 Å². The lowest BCUT2D eigenvalue weighted by Crippen LogP contribution is -2.27. The molecule has 0 aliphatic carbocycles. The first-order valence-electron chi connectivity index (χ1n) is 3.88. The molecule has 0 radical (unpaired) electrons. The minimum atomic E-state index is -1.18. The number of Topliss-reactive ketones (excluding diaryl/α,β-unsaturated/α-hetero) is 1. The molecule has 0 amide bonds. The summed E-state index contributed by atoms with van der Waals surface area (Å²) in [6.07, 6.45) is 0.204. The van der Waals surface area contributed by atoms with Crippen molar-refractivity contribution in [2.24, 2.45) is 5.92 Å². The quantitative estimate of drug-likeness (QED) is 0.493.